The van der Waals surface area contributed by atoms with E-state index in [1.54, 1.807) is 0 Å². The van der Waals surface area contributed by atoms with Gasteiger partial charge >= 0.3 is 0 Å². The van der Waals surface area contributed by atoms with Crippen LogP contribution in [-0.2, 0) is 5.41 Å². The van der Waals surface area contributed by atoms with E-state index in [0.29, 0.717) is 0 Å². The van der Waals surface area contributed by atoms with Crippen molar-refractivity contribution >= 4 is 90.0 Å². The van der Waals surface area contributed by atoms with E-state index < -0.39 is 0 Å². The highest BCUT2D eigenvalue weighted by Crippen LogP contribution is 2.58. The minimum absolute atomic E-state index is 0.152. The summed E-state index contributed by atoms with van der Waals surface area (Å²) in [5.74, 6) is 0. The second kappa shape index (κ2) is 14.8. The largest absolute Gasteiger partial charge is 0.308 e. The quantitative estimate of drug-likeness (QED) is 0.162. The first-order chi connectivity index (χ1) is 33.0. The van der Waals surface area contributed by atoms with E-state index in [4.69, 9.17) is 0 Å². The van der Waals surface area contributed by atoms with Crippen LogP contribution < -0.4 is 9.80 Å². The molecule has 0 spiro atoms. The topological polar surface area (TPSA) is 6.48 Å². The van der Waals surface area contributed by atoms with Gasteiger partial charge in [-0.25, -0.2) is 0 Å². The molecule has 0 unspecified atom stereocenters. The third-order valence-electron chi connectivity index (χ3n) is 14.4. The van der Waals surface area contributed by atoms with Gasteiger partial charge in [-0.3, -0.25) is 0 Å². The minimum atomic E-state index is -0.152. The molecule has 3 aliphatic rings. The molecule has 0 saturated carbocycles. The van der Waals surface area contributed by atoms with Crippen LogP contribution >= 0.6 is 23.5 Å². The summed E-state index contributed by atoms with van der Waals surface area (Å²) in [6.45, 7) is 4.78. The lowest BCUT2D eigenvalue weighted by Gasteiger charge is -2.34. The zero-order valence-electron chi connectivity index (χ0n) is 37.0. The molecule has 0 atom stereocenters. The molecule has 316 valence electrons. The molecule has 2 heterocycles. The van der Waals surface area contributed by atoms with Crippen molar-refractivity contribution in [3.05, 3.63) is 230 Å². The molecule has 2 nitrogen and oxygen atoms in total. The van der Waals surface area contributed by atoms with Crippen molar-refractivity contribution in [2.45, 2.75) is 38.8 Å². The van der Waals surface area contributed by atoms with Crippen molar-refractivity contribution in [3.8, 4) is 33.4 Å². The summed E-state index contributed by atoms with van der Waals surface area (Å²) < 4.78 is 0. The zero-order chi connectivity index (χ0) is 44.4. The third kappa shape index (κ3) is 5.73. The predicted octanol–water partition coefficient (Wildman–Crippen LogP) is 18.7. The van der Waals surface area contributed by atoms with E-state index in [-0.39, 0.29) is 5.41 Å². The minimum Gasteiger partial charge on any atom is -0.308 e. The molecular weight excluding hydrogens is 849 g/mol. The Morgan fingerprint density at radius 2 is 0.731 bits per heavy atom. The SMILES string of the molecule is CC1(C)c2ccccc2-c2c(-c3c4cc(N5c6ccccc6Sc6ccccc65)ccc4c(-c4cccc5ccccc45)c4cc(N5c6ccccc6Sc6ccccc65)ccc34)cccc21. The highest BCUT2D eigenvalue weighted by atomic mass is 32.2. The van der Waals surface area contributed by atoms with E-state index in [1.807, 2.05) is 23.5 Å². The second-order valence-electron chi connectivity index (χ2n) is 18.4. The molecule has 0 saturated heterocycles. The van der Waals surface area contributed by atoms with Gasteiger partial charge in [-0.2, -0.15) is 0 Å². The van der Waals surface area contributed by atoms with Crippen LogP contribution in [0.1, 0.15) is 25.0 Å². The maximum atomic E-state index is 2.50. The van der Waals surface area contributed by atoms with E-state index in [9.17, 15) is 0 Å². The fraction of sp³-hybridized carbons (Fsp3) is 0.0476. The summed E-state index contributed by atoms with van der Waals surface area (Å²) in [5.41, 5.74) is 17.3. The van der Waals surface area contributed by atoms with Crippen molar-refractivity contribution in [2.24, 2.45) is 0 Å². The van der Waals surface area contributed by atoms with E-state index in [2.05, 4.69) is 242 Å². The summed E-state index contributed by atoms with van der Waals surface area (Å²) in [6, 6.07) is 81.8. The van der Waals surface area contributed by atoms with Gasteiger partial charge < -0.3 is 9.80 Å². The van der Waals surface area contributed by atoms with Crippen LogP contribution in [0.25, 0.3) is 65.7 Å². The Kier molecular flexibility index (Phi) is 8.53. The monoisotopic (exact) mass is 890 g/mol. The normalized spacial score (nSPS) is 14.1. The number of hydrogen-bond donors (Lipinski definition) is 0. The molecule has 67 heavy (non-hydrogen) atoms. The summed E-state index contributed by atoms with van der Waals surface area (Å²) in [5, 5.41) is 7.39. The Bertz CT molecular complexity index is 3790. The third-order valence-corrected chi connectivity index (χ3v) is 16.7. The molecule has 4 heteroatoms. The first kappa shape index (κ1) is 38.7. The molecule has 0 N–H and O–H groups in total. The smallest absolute Gasteiger partial charge is 0.0601 e. The molecule has 0 bridgehead atoms. The van der Waals surface area contributed by atoms with Gasteiger partial charge in [0.05, 0.1) is 22.7 Å². The molecule has 0 fully saturated rings. The Morgan fingerprint density at radius 1 is 0.313 bits per heavy atom. The number of benzene rings is 11. The van der Waals surface area contributed by atoms with Crippen LogP contribution in [0.5, 0.6) is 0 Å². The average molecular weight is 891 g/mol. The van der Waals surface area contributed by atoms with Crippen LogP contribution in [0.4, 0.5) is 34.1 Å². The van der Waals surface area contributed by atoms with Crippen molar-refractivity contribution in [2.75, 3.05) is 9.80 Å². The highest BCUT2D eigenvalue weighted by Gasteiger charge is 2.37. The lowest BCUT2D eigenvalue weighted by Crippen LogP contribution is -2.15. The van der Waals surface area contributed by atoms with Gasteiger partial charge in [-0.05, 0) is 150 Å². The molecule has 0 radical (unpaired) electrons. The fourth-order valence-corrected chi connectivity index (χ4v) is 13.6. The van der Waals surface area contributed by atoms with E-state index in [1.165, 1.54) is 119 Å². The van der Waals surface area contributed by atoms with Crippen LogP contribution in [-0.4, -0.2) is 0 Å². The Labute approximate surface area is 399 Å². The maximum absolute atomic E-state index is 2.50. The summed E-state index contributed by atoms with van der Waals surface area (Å²) >= 11 is 3.70. The number of nitrogens with zero attached hydrogens (tertiary/aromatic N) is 2. The van der Waals surface area contributed by atoms with Gasteiger partial charge in [0.1, 0.15) is 0 Å². The Hall–Kier alpha value is -7.50. The van der Waals surface area contributed by atoms with Crippen molar-refractivity contribution < 1.29 is 0 Å². The van der Waals surface area contributed by atoms with Crippen LogP contribution in [0.15, 0.2) is 238 Å². The van der Waals surface area contributed by atoms with Gasteiger partial charge in [-0.15, -0.1) is 0 Å². The molecule has 11 aromatic rings. The molecule has 11 aromatic carbocycles. The van der Waals surface area contributed by atoms with Gasteiger partial charge in [0.15, 0.2) is 0 Å². The van der Waals surface area contributed by atoms with E-state index in [0.717, 1.165) is 11.4 Å². The fourth-order valence-electron chi connectivity index (χ4n) is 11.4. The first-order valence-electron chi connectivity index (χ1n) is 23.1. The van der Waals surface area contributed by atoms with Crippen LogP contribution in [0.2, 0.25) is 0 Å². The molecule has 0 aromatic heterocycles. The molecular formula is C63H42N2S2. The number of para-hydroxylation sites is 4. The number of fused-ring (bicyclic) bond motifs is 10. The summed E-state index contributed by atoms with van der Waals surface area (Å²) in [6.07, 6.45) is 0. The standard InChI is InChI=1S/C63H42N2S2/c1-63(2)50-23-6-5-20-46(50)62-47(22-16-24-51(62)63)61-45-36-34-40(64-52-25-7-11-29-56(52)66-57-30-12-8-26-53(57)64)37-48(45)60(43-21-15-18-39-17-3-4-19-42(39)43)44-35-33-41(38-49(44)61)65-54-27-9-13-31-58(54)67-59-32-14-10-28-55(59)65/h3-38H,1-2H3. The molecule has 1 aliphatic carbocycles. The van der Waals surface area contributed by atoms with Gasteiger partial charge in [0.2, 0.25) is 0 Å². The van der Waals surface area contributed by atoms with Crippen molar-refractivity contribution in [1.29, 1.82) is 0 Å². The lowest BCUT2D eigenvalue weighted by atomic mass is 9.80. The number of anilines is 6. The van der Waals surface area contributed by atoms with E-state index >= 15 is 0 Å². The molecule has 14 rings (SSSR count). The van der Waals surface area contributed by atoms with Crippen molar-refractivity contribution in [1.82, 2.24) is 0 Å². The number of rotatable bonds is 4. The molecule has 2 aliphatic heterocycles. The van der Waals surface area contributed by atoms with Gasteiger partial charge in [-0.1, -0.05) is 183 Å². The molecule has 0 amide bonds. The zero-order valence-corrected chi connectivity index (χ0v) is 38.6. The van der Waals surface area contributed by atoms with Gasteiger partial charge in [0.25, 0.3) is 0 Å². The number of hydrogen-bond acceptors (Lipinski definition) is 4. The predicted molar refractivity (Wildman–Crippen MR) is 285 cm³/mol. The Balaban J connectivity index is 1.14. The lowest BCUT2D eigenvalue weighted by molar-refractivity contribution is 0.660. The maximum Gasteiger partial charge on any atom is 0.0601 e. The van der Waals surface area contributed by atoms with Crippen LogP contribution in [0, 0.1) is 0 Å². The van der Waals surface area contributed by atoms with Crippen LogP contribution in [0.3, 0.4) is 0 Å². The Morgan fingerprint density at radius 3 is 1.31 bits per heavy atom. The second-order valence-corrected chi connectivity index (χ2v) is 20.5. The first-order valence-corrected chi connectivity index (χ1v) is 24.7. The highest BCUT2D eigenvalue weighted by molar-refractivity contribution is 8.00. The average Bonchev–Trinajstić information content (AvgIpc) is 3.61. The summed E-state index contributed by atoms with van der Waals surface area (Å²) in [7, 11) is 0. The summed E-state index contributed by atoms with van der Waals surface area (Å²) in [4.78, 5) is 9.96. The van der Waals surface area contributed by atoms with Crippen molar-refractivity contribution in [3.63, 3.8) is 0 Å². The van der Waals surface area contributed by atoms with Gasteiger partial charge in [0, 0.05) is 36.4 Å².